The highest BCUT2D eigenvalue weighted by Crippen LogP contribution is 2.15. The van der Waals surface area contributed by atoms with Crippen molar-refractivity contribution in [2.24, 2.45) is 0 Å². The van der Waals surface area contributed by atoms with Gasteiger partial charge in [0.15, 0.2) is 6.10 Å². The van der Waals surface area contributed by atoms with Gasteiger partial charge in [0.25, 0.3) is 5.91 Å². The molecule has 0 aromatic heterocycles. The number of sulfonamides is 1. The first-order valence-electron chi connectivity index (χ1n) is 8.79. The van der Waals surface area contributed by atoms with Crippen LogP contribution in [0.15, 0.2) is 53.4 Å². The van der Waals surface area contributed by atoms with Crippen LogP contribution in [0.25, 0.3) is 0 Å². The van der Waals surface area contributed by atoms with E-state index >= 15 is 0 Å². The standard InChI is InChI=1S/C20H24N2O5S/c1-13(2)22-28(25,26)18-10-8-17(9-11-18)21-19(23)15(4)27-20(24)16-7-5-6-14(3)12-16/h5-13,15,22H,1-4H3,(H,21,23). The molecular weight excluding hydrogens is 380 g/mol. The summed E-state index contributed by atoms with van der Waals surface area (Å²) in [6.07, 6.45) is -1.01. The van der Waals surface area contributed by atoms with Crippen LogP contribution in [0.4, 0.5) is 5.69 Å². The monoisotopic (exact) mass is 404 g/mol. The molecule has 0 aliphatic heterocycles. The largest absolute Gasteiger partial charge is 0.449 e. The molecule has 8 heteroatoms. The zero-order chi connectivity index (χ0) is 20.9. The molecule has 2 aromatic carbocycles. The maximum atomic E-state index is 12.3. The topological polar surface area (TPSA) is 102 Å². The fraction of sp³-hybridized carbons (Fsp3) is 0.300. The van der Waals surface area contributed by atoms with Gasteiger partial charge in [0.2, 0.25) is 10.0 Å². The van der Waals surface area contributed by atoms with E-state index in [-0.39, 0.29) is 10.9 Å². The number of esters is 1. The first kappa shape index (κ1) is 21.6. The molecule has 0 heterocycles. The molecule has 0 fully saturated rings. The minimum Gasteiger partial charge on any atom is -0.449 e. The zero-order valence-corrected chi connectivity index (χ0v) is 17.0. The van der Waals surface area contributed by atoms with Gasteiger partial charge in [-0.2, -0.15) is 0 Å². The van der Waals surface area contributed by atoms with Crippen molar-refractivity contribution >= 4 is 27.6 Å². The lowest BCUT2D eigenvalue weighted by Crippen LogP contribution is -2.30. The third kappa shape index (κ3) is 5.90. The molecule has 0 spiro atoms. The summed E-state index contributed by atoms with van der Waals surface area (Å²) in [5.74, 6) is -1.11. The van der Waals surface area contributed by atoms with Crippen LogP contribution in [0.5, 0.6) is 0 Å². The van der Waals surface area contributed by atoms with Gasteiger partial charge in [-0.25, -0.2) is 17.9 Å². The maximum absolute atomic E-state index is 12.3. The summed E-state index contributed by atoms with van der Waals surface area (Å²) in [6.45, 7) is 6.78. The molecule has 2 rings (SSSR count). The highest BCUT2D eigenvalue weighted by Gasteiger charge is 2.20. The van der Waals surface area contributed by atoms with Gasteiger partial charge in [0.1, 0.15) is 0 Å². The van der Waals surface area contributed by atoms with E-state index in [2.05, 4.69) is 10.0 Å². The first-order valence-corrected chi connectivity index (χ1v) is 10.3. The summed E-state index contributed by atoms with van der Waals surface area (Å²) < 4.78 is 31.9. The van der Waals surface area contributed by atoms with E-state index in [4.69, 9.17) is 4.74 Å². The third-order valence-corrected chi connectivity index (χ3v) is 5.40. The predicted molar refractivity (Wildman–Crippen MR) is 107 cm³/mol. The van der Waals surface area contributed by atoms with Crippen molar-refractivity contribution < 1.29 is 22.7 Å². The Morgan fingerprint density at radius 3 is 2.21 bits per heavy atom. The molecule has 0 saturated carbocycles. The second-order valence-electron chi connectivity index (χ2n) is 6.71. The number of hydrogen-bond donors (Lipinski definition) is 2. The van der Waals surface area contributed by atoms with Crippen molar-refractivity contribution in [3.05, 3.63) is 59.7 Å². The zero-order valence-electron chi connectivity index (χ0n) is 16.2. The van der Waals surface area contributed by atoms with Crippen LogP contribution >= 0.6 is 0 Å². The smallest absolute Gasteiger partial charge is 0.338 e. The number of benzene rings is 2. The Balaban J connectivity index is 1.99. The number of rotatable bonds is 7. The van der Waals surface area contributed by atoms with E-state index in [0.717, 1.165) is 5.56 Å². The maximum Gasteiger partial charge on any atom is 0.338 e. The van der Waals surface area contributed by atoms with Crippen molar-refractivity contribution in [3.8, 4) is 0 Å². The highest BCUT2D eigenvalue weighted by atomic mass is 32.2. The molecule has 2 N–H and O–H groups in total. The van der Waals surface area contributed by atoms with Crippen molar-refractivity contribution in [3.63, 3.8) is 0 Å². The van der Waals surface area contributed by atoms with Crippen molar-refractivity contribution in [1.82, 2.24) is 4.72 Å². The fourth-order valence-corrected chi connectivity index (χ4v) is 3.64. The van der Waals surface area contributed by atoms with Crippen LogP contribution in [0, 0.1) is 6.92 Å². The number of anilines is 1. The summed E-state index contributed by atoms with van der Waals surface area (Å²) in [5.41, 5.74) is 1.67. The molecule has 2 aromatic rings. The molecule has 0 aliphatic carbocycles. The summed E-state index contributed by atoms with van der Waals surface area (Å²) in [7, 11) is -3.60. The second kappa shape index (κ2) is 8.99. The van der Waals surface area contributed by atoms with E-state index in [9.17, 15) is 18.0 Å². The Morgan fingerprint density at radius 2 is 1.64 bits per heavy atom. The van der Waals surface area contributed by atoms with Crippen LogP contribution in [-0.4, -0.2) is 32.4 Å². The highest BCUT2D eigenvalue weighted by molar-refractivity contribution is 7.89. The van der Waals surface area contributed by atoms with Crippen molar-refractivity contribution in [1.29, 1.82) is 0 Å². The number of ether oxygens (including phenoxy) is 1. The number of amides is 1. The lowest BCUT2D eigenvalue weighted by molar-refractivity contribution is -0.123. The normalized spacial score (nSPS) is 12.5. The van der Waals surface area contributed by atoms with Gasteiger partial charge in [0.05, 0.1) is 10.5 Å². The van der Waals surface area contributed by atoms with Gasteiger partial charge in [0, 0.05) is 11.7 Å². The number of carbonyl (C=O) groups is 2. The van der Waals surface area contributed by atoms with Gasteiger partial charge in [-0.05, 0) is 64.1 Å². The van der Waals surface area contributed by atoms with Crippen LogP contribution in [0.3, 0.4) is 0 Å². The molecule has 0 aliphatic rings. The molecule has 1 amide bonds. The van der Waals surface area contributed by atoms with Crippen LogP contribution in [-0.2, 0) is 19.6 Å². The molecule has 0 radical (unpaired) electrons. The van der Waals surface area contributed by atoms with E-state index in [0.29, 0.717) is 11.3 Å². The number of nitrogens with one attached hydrogen (secondary N) is 2. The molecule has 28 heavy (non-hydrogen) atoms. The molecule has 1 unspecified atom stereocenters. The summed E-state index contributed by atoms with van der Waals surface area (Å²) in [6, 6.07) is 12.4. The quantitative estimate of drug-likeness (QED) is 0.691. The predicted octanol–water partition coefficient (Wildman–Crippen LogP) is 2.87. The summed E-state index contributed by atoms with van der Waals surface area (Å²) in [4.78, 5) is 24.5. The fourth-order valence-electron chi connectivity index (χ4n) is 2.39. The van der Waals surface area contributed by atoms with Crippen LogP contribution < -0.4 is 10.0 Å². The lowest BCUT2D eigenvalue weighted by atomic mass is 10.1. The van der Waals surface area contributed by atoms with Gasteiger partial charge in [-0.15, -0.1) is 0 Å². The Morgan fingerprint density at radius 1 is 1.00 bits per heavy atom. The Hall–Kier alpha value is -2.71. The Labute approximate surface area is 165 Å². The van der Waals surface area contributed by atoms with E-state index < -0.39 is 28.0 Å². The number of aryl methyl sites for hydroxylation is 1. The summed E-state index contributed by atoms with van der Waals surface area (Å²) >= 11 is 0. The van der Waals surface area contributed by atoms with E-state index in [1.165, 1.54) is 31.2 Å². The number of carbonyl (C=O) groups excluding carboxylic acids is 2. The third-order valence-electron chi connectivity index (χ3n) is 3.73. The van der Waals surface area contributed by atoms with E-state index in [1.807, 2.05) is 13.0 Å². The Kier molecular flexibility index (Phi) is 6.93. The SMILES string of the molecule is Cc1cccc(C(=O)OC(C)C(=O)Nc2ccc(S(=O)(=O)NC(C)C)cc2)c1. The molecule has 1 atom stereocenters. The van der Waals surface area contributed by atoms with Gasteiger partial charge in [-0.3, -0.25) is 4.79 Å². The van der Waals surface area contributed by atoms with Crippen molar-refractivity contribution in [2.45, 2.75) is 44.7 Å². The minimum atomic E-state index is -3.60. The van der Waals surface area contributed by atoms with Crippen molar-refractivity contribution in [2.75, 3.05) is 5.32 Å². The van der Waals surface area contributed by atoms with E-state index in [1.54, 1.807) is 32.0 Å². The van der Waals surface area contributed by atoms with Gasteiger partial charge >= 0.3 is 5.97 Å². The molecule has 0 saturated heterocycles. The van der Waals surface area contributed by atoms with Gasteiger partial charge in [-0.1, -0.05) is 17.7 Å². The van der Waals surface area contributed by atoms with Crippen LogP contribution in [0.1, 0.15) is 36.7 Å². The Bertz CT molecular complexity index is 953. The first-order chi connectivity index (χ1) is 13.1. The molecule has 7 nitrogen and oxygen atoms in total. The molecular formula is C20H24N2O5S. The lowest BCUT2D eigenvalue weighted by Gasteiger charge is -2.14. The minimum absolute atomic E-state index is 0.0955. The van der Waals surface area contributed by atoms with Crippen LogP contribution in [0.2, 0.25) is 0 Å². The average molecular weight is 404 g/mol. The number of hydrogen-bond acceptors (Lipinski definition) is 5. The average Bonchev–Trinajstić information content (AvgIpc) is 2.61. The van der Waals surface area contributed by atoms with Gasteiger partial charge < -0.3 is 10.1 Å². The summed E-state index contributed by atoms with van der Waals surface area (Å²) in [5, 5.41) is 2.60. The molecule has 150 valence electrons. The molecule has 0 bridgehead atoms. The second-order valence-corrected chi connectivity index (χ2v) is 8.42.